The van der Waals surface area contributed by atoms with Crippen LogP contribution >= 0.6 is 0 Å². The summed E-state index contributed by atoms with van der Waals surface area (Å²) in [5.41, 5.74) is 0. The number of rotatable bonds is 3. The van der Waals surface area contributed by atoms with E-state index in [-0.39, 0.29) is 18.9 Å². The number of carboxylic acid groups (broad SMARTS) is 1. The highest BCUT2D eigenvalue weighted by Gasteiger charge is 2.39. The van der Waals surface area contributed by atoms with Gasteiger partial charge in [0.05, 0.1) is 6.10 Å². The first kappa shape index (κ1) is 11.3. The average molecular weight is 228 g/mol. The molecule has 0 aromatic heterocycles. The summed E-state index contributed by atoms with van der Waals surface area (Å²) in [5, 5.41) is 21.4. The maximum absolute atomic E-state index is 11.8. The molecule has 0 bridgehead atoms. The van der Waals surface area contributed by atoms with Crippen LogP contribution in [0.1, 0.15) is 12.8 Å². The smallest absolute Gasteiger partial charge is 0.326 e. The monoisotopic (exact) mass is 228 g/mol. The molecule has 6 heteroatoms. The minimum Gasteiger partial charge on any atom is -0.480 e. The van der Waals surface area contributed by atoms with Crippen molar-refractivity contribution in [2.24, 2.45) is 5.92 Å². The summed E-state index contributed by atoms with van der Waals surface area (Å²) in [4.78, 5) is 24.0. The van der Waals surface area contributed by atoms with E-state index in [0.717, 1.165) is 13.1 Å². The van der Waals surface area contributed by atoms with Crippen LogP contribution in [0.15, 0.2) is 0 Å². The first-order valence-corrected chi connectivity index (χ1v) is 5.49. The zero-order valence-corrected chi connectivity index (χ0v) is 8.93. The Hall–Kier alpha value is -1.14. The summed E-state index contributed by atoms with van der Waals surface area (Å²) in [6.45, 7) is 1.79. The predicted octanol–water partition coefficient (Wildman–Crippen LogP) is -1.36. The molecule has 3 N–H and O–H groups in total. The number of carboxylic acids is 1. The Morgan fingerprint density at radius 1 is 1.38 bits per heavy atom. The van der Waals surface area contributed by atoms with Crippen molar-refractivity contribution < 1.29 is 19.8 Å². The second kappa shape index (κ2) is 4.39. The lowest BCUT2D eigenvalue weighted by atomic mass is 9.98. The second-order valence-corrected chi connectivity index (χ2v) is 4.52. The average Bonchev–Trinajstić information content (AvgIpc) is 2.53. The standard InChI is InChI=1S/C10H16N2O4/c13-7-2-8(10(15)16)12(5-7)9(14)1-6-3-11-4-6/h6-8,11,13H,1-5H2,(H,15,16)/t7-,8-/m1/s1. The van der Waals surface area contributed by atoms with Crippen molar-refractivity contribution in [1.29, 1.82) is 0 Å². The minimum absolute atomic E-state index is 0.143. The third-order valence-electron chi connectivity index (χ3n) is 3.21. The molecular formula is C10H16N2O4. The second-order valence-electron chi connectivity index (χ2n) is 4.52. The van der Waals surface area contributed by atoms with Gasteiger partial charge in [-0.2, -0.15) is 0 Å². The number of nitrogens with one attached hydrogen (secondary N) is 1. The lowest BCUT2D eigenvalue weighted by Gasteiger charge is -2.29. The van der Waals surface area contributed by atoms with E-state index in [9.17, 15) is 14.7 Å². The fourth-order valence-corrected chi connectivity index (χ4v) is 2.18. The number of carbonyl (C=O) groups is 2. The number of carbonyl (C=O) groups excluding carboxylic acids is 1. The van der Waals surface area contributed by atoms with Gasteiger partial charge in [0.2, 0.25) is 5.91 Å². The summed E-state index contributed by atoms with van der Waals surface area (Å²) in [6, 6.07) is -0.851. The highest BCUT2D eigenvalue weighted by atomic mass is 16.4. The molecular weight excluding hydrogens is 212 g/mol. The van der Waals surface area contributed by atoms with E-state index < -0.39 is 18.1 Å². The number of β-amino-alcohol motifs (C(OH)–C–C–N with tert-alkyl or cyclic N) is 1. The van der Waals surface area contributed by atoms with E-state index in [4.69, 9.17) is 5.11 Å². The Balaban J connectivity index is 1.95. The fourth-order valence-electron chi connectivity index (χ4n) is 2.18. The van der Waals surface area contributed by atoms with Crippen molar-refractivity contribution in [2.75, 3.05) is 19.6 Å². The largest absolute Gasteiger partial charge is 0.480 e. The summed E-state index contributed by atoms with van der Waals surface area (Å²) >= 11 is 0. The van der Waals surface area contributed by atoms with Crippen LogP contribution in [0, 0.1) is 5.92 Å². The van der Waals surface area contributed by atoms with Crippen molar-refractivity contribution in [3.05, 3.63) is 0 Å². The van der Waals surface area contributed by atoms with Gasteiger partial charge < -0.3 is 20.4 Å². The topological polar surface area (TPSA) is 89.9 Å². The van der Waals surface area contributed by atoms with Crippen molar-refractivity contribution >= 4 is 11.9 Å². The summed E-state index contributed by atoms with van der Waals surface area (Å²) in [6.07, 6.45) is -0.183. The van der Waals surface area contributed by atoms with Crippen molar-refractivity contribution in [3.63, 3.8) is 0 Å². The molecule has 2 rings (SSSR count). The Morgan fingerprint density at radius 3 is 2.56 bits per heavy atom. The van der Waals surface area contributed by atoms with Gasteiger partial charge >= 0.3 is 5.97 Å². The zero-order chi connectivity index (χ0) is 11.7. The van der Waals surface area contributed by atoms with Gasteiger partial charge in [0.15, 0.2) is 0 Å². The number of aliphatic hydroxyl groups is 1. The van der Waals surface area contributed by atoms with Gasteiger partial charge in [-0.3, -0.25) is 4.79 Å². The number of likely N-dealkylation sites (tertiary alicyclic amines) is 1. The van der Waals surface area contributed by atoms with Gasteiger partial charge in [0.25, 0.3) is 0 Å². The van der Waals surface area contributed by atoms with Crippen LogP contribution in [-0.2, 0) is 9.59 Å². The number of hydrogen-bond donors (Lipinski definition) is 3. The molecule has 0 aromatic rings. The van der Waals surface area contributed by atoms with E-state index in [1.54, 1.807) is 0 Å². The molecule has 2 fully saturated rings. The molecule has 0 spiro atoms. The number of aliphatic carboxylic acids is 1. The van der Waals surface area contributed by atoms with Crippen molar-refractivity contribution in [2.45, 2.75) is 25.0 Å². The number of hydrogen-bond acceptors (Lipinski definition) is 4. The fraction of sp³-hybridized carbons (Fsp3) is 0.800. The van der Waals surface area contributed by atoms with E-state index in [1.807, 2.05) is 0 Å². The van der Waals surface area contributed by atoms with Crippen LogP contribution in [0.3, 0.4) is 0 Å². The van der Waals surface area contributed by atoms with Crippen LogP contribution in [0.2, 0.25) is 0 Å². The molecule has 6 nitrogen and oxygen atoms in total. The maximum Gasteiger partial charge on any atom is 0.326 e. The summed E-state index contributed by atoms with van der Waals surface area (Å²) in [7, 11) is 0. The first-order valence-electron chi connectivity index (χ1n) is 5.49. The Labute approximate surface area is 93.2 Å². The molecule has 0 unspecified atom stereocenters. The molecule has 16 heavy (non-hydrogen) atoms. The van der Waals surface area contributed by atoms with Gasteiger partial charge in [-0.1, -0.05) is 0 Å². The van der Waals surface area contributed by atoms with Crippen molar-refractivity contribution in [3.8, 4) is 0 Å². The van der Waals surface area contributed by atoms with E-state index in [1.165, 1.54) is 4.90 Å². The van der Waals surface area contributed by atoms with Gasteiger partial charge in [0.1, 0.15) is 6.04 Å². The SMILES string of the molecule is O=C(O)[C@H]1C[C@@H](O)CN1C(=O)CC1CNC1. The van der Waals surface area contributed by atoms with E-state index >= 15 is 0 Å². The molecule has 2 aliphatic rings. The maximum atomic E-state index is 11.8. The third kappa shape index (κ3) is 2.17. The van der Waals surface area contributed by atoms with Crippen LogP contribution in [0.25, 0.3) is 0 Å². The summed E-state index contributed by atoms with van der Waals surface area (Å²) in [5.74, 6) is -0.869. The van der Waals surface area contributed by atoms with Crippen LogP contribution in [0.4, 0.5) is 0 Å². The Morgan fingerprint density at radius 2 is 2.06 bits per heavy atom. The molecule has 0 radical (unpaired) electrons. The predicted molar refractivity (Wildman–Crippen MR) is 54.7 cm³/mol. The molecule has 0 aromatic carbocycles. The minimum atomic E-state index is -1.03. The molecule has 2 saturated heterocycles. The molecule has 90 valence electrons. The van der Waals surface area contributed by atoms with E-state index in [2.05, 4.69) is 5.32 Å². The van der Waals surface area contributed by atoms with E-state index in [0.29, 0.717) is 12.3 Å². The third-order valence-corrected chi connectivity index (χ3v) is 3.21. The molecule has 2 atom stereocenters. The molecule has 2 aliphatic heterocycles. The quantitative estimate of drug-likeness (QED) is 0.555. The Kier molecular flexibility index (Phi) is 3.11. The lowest BCUT2D eigenvalue weighted by molar-refractivity contribution is -0.148. The molecule has 1 amide bonds. The zero-order valence-electron chi connectivity index (χ0n) is 8.93. The van der Waals surface area contributed by atoms with Gasteiger partial charge in [0, 0.05) is 19.4 Å². The number of aliphatic hydroxyl groups excluding tert-OH is 1. The number of nitrogens with zero attached hydrogens (tertiary/aromatic N) is 1. The van der Waals surface area contributed by atoms with Crippen molar-refractivity contribution in [1.82, 2.24) is 10.2 Å². The van der Waals surface area contributed by atoms with Crippen LogP contribution in [-0.4, -0.2) is 58.8 Å². The van der Waals surface area contributed by atoms with Gasteiger partial charge in [-0.25, -0.2) is 4.79 Å². The van der Waals surface area contributed by atoms with Gasteiger partial charge in [-0.15, -0.1) is 0 Å². The lowest BCUT2D eigenvalue weighted by Crippen LogP contribution is -2.47. The van der Waals surface area contributed by atoms with Crippen LogP contribution in [0.5, 0.6) is 0 Å². The number of amides is 1. The molecule has 0 aliphatic carbocycles. The summed E-state index contributed by atoms with van der Waals surface area (Å²) < 4.78 is 0. The first-order chi connectivity index (χ1) is 7.58. The normalized spacial score (nSPS) is 30.2. The Bertz CT molecular complexity index is 303. The van der Waals surface area contributed by atoms with Gasteiger partial charge in [-0.05, 0) is 19.0 Å². The highest BCUT2D eigenvalue weighted by Crippen LogP contribution is 2.21. The highest BCUT2D eigenvalue weighted by molar-refractivity contribution is 5.84. The molecule has 2 heterocycles. The molecule has 0 saturated carbocycles. The van der Waals surface area contributed by atoms with Crippen LogP contribution < -0.4 is 5.32 Å².